The highest BCUT2D eigenvalue weighted by Gasteiger charge is 2.60. The van der Waals surface area contributed by atoms with Gasteiger partial charge in [0.05, 0.1) is 12.2 Å². The van der Waals surface area contributed by atoms with Gasteiger partial charge in [-0.05, 0) is 105 Å². The van der Waals surface area contributed by atoms with Crippen LogP contribution in [0.15, 0.2) is 0 Å². The molecule has 0 aromatic rings. The van der Waals surface area contributed by atoms with Gasteiger partial charge in [0.15, 0.2) is 0 Å². The Kier molecular flexibility index (Phi) is 7.19. The zero-order valence-electron chi connectivity index (χ0n) is 19.7. The number of nitrogens with one attached hydrogen (secondary N) is 1. The topological polar surface area (TPSA) is 61.7 Å². The van der Waals surface area contributed by atoms with Crippen LogP contribution in [0.2, 0.25) is 0 Å². The standard InChI is InChI=1S/C26H47NO3/c1-4-5-14-30-15-6-13-27-22-17-26(3)18(16-23(22)28)7-8-19-20-9-10-24(29)25(20,2)12-11-21(19)26/h18-24,27-29H,4-17H2,1-3H3/t18-,19-,20-,21-,22-,23-,24-,25-,26-/m0/s1. The van der Waals surface area contributed by atoms with E-state index in [1.54, 1.807) is 0 Å². The number of fused-ring (bicyclic) bond motifs is 5. The summed E-state index contributed by atoms with van der Waals surface area (Å²) < 4.78 is 5.70. The van der Waals surface area contributed by atoms with Crippen molar-refractivity contribution >= 4 is 0 Å². The molecular formula is C26H47NO3. The Bertz CT molecular complexity index is 570. The van der Waals surface area contributed by atoms with Gasteiger partial charge in [-0.2, -0.15) is 0 Å². The molecule has 9 atom stereocenters. The van der Waals surface area contributed by atoms with Crippen LogP contribution >= 0.6 is 0 Å². The quantitative estimate of drug-likeness (QED) is 0.504. The molecule has 4 aliphatic rings. The molecule has 0 saturated heterocycles. The Morgan fingerprint density at radius 3 is 2.50 bits per heavy atom. The van der Waals surface area contributed by atoms with Gasteiger partial charge in [0.25, 0.3) is 0 Å². The fourth-order valence-corrected chi connectivity index (χ4v) is 8.30. The number of rotatable bonds is 8. The molecule has 0 unspecified atom stereocenters. The van der Waals surface area contributed by atoms with E-state index in [0.29, 0.717) is 17.3 Å². The third-order valence-electron chi connectivity index (χ3n) is 10.2. The third kappa shape index (κ3) is 4.11. The van der Waals surface area contributed by atoms with Gasteiger partial charge < -0.3 is 20.3 Å². The van der Waals surface area contributed by atoms with Crippen LogP contribution in [0.25, 0.3) is 0 Å². The van der Waals surface area contributed by atoms with Crippen LogP contribution < -0.4 is 5.32 Å². The first-order valence-electron chi connectivity index (χ1n) is 13.1. The molecule has 4 heteroatoms. The largest absolute Gasteiger partial charge is 0.393 e. The van der Waals surface area contributed by atoms with Gasteiger partial charge in [-0.1, -0.05) is 27.2 Å². The van der Waals surface area contributed by atoms with Crippen molar-refractivity contribution in [2.45, 2.75) is 110 Å². The molecule has 30 heavy (non-hydrogen) atoms. The Hall–Kier alpha value is -0.160. The van der Waals surface area contributed by atoms with Gasteiger partial charge in [-0.3, -0.25) is 0 Å². The van der Waals surface area contributed by atoms with Gasteiger partial charge in [-0.25, -0.2) is 0 Å². The summed E-state index contributed by atoms with van der Waals surface area (Å²) in [6, 6.07) is 0.225. The average Bonchev–Trinajstić information content (AvgIpc) is 3.03. The Labute approximate surface area is 184 Å². The summed E-state index contributed by atoms with van der Waals surface area (Å²) in [4.78, 5) is 0. The predicted molar refractivity (Wildman–Crippen MR) is 121 cm³/mol. The minimum absolute atomic E-state index is 0.0869. The zero-order valence-corrected chi connectivity index (χ0v) is 19.7. The van der Waals surface area contributed by atoms with E-state index in [2.05, 4.69) is 26.1 Å². The molecule has 4 rings (SSSR count). The lowest BCUT2D eigenvalue weighted by Gasteiger charge is -2.61. The number of hydrogen-bond donors (Lipinski definition) is 3. The van der Waals surface area contributed by atoms with E-state index in [1.807, 2.05) is 0 Å². The summed E-state index contributed by atoms with van der Waals surface area (Å²) in [5.74, 6) is 2.93. The maximum atomic E-state index is 10.9. The second-order valence-electron chi connectivity index (χ2n) is 11.7. The van der Waals surface area contributed by atoms with Crippen LogP contribution in [-0.2, 0) is 4.74 Å². The van der Waals surface area contributed by atoms with Gasteiger partial charge in [0, 0.05) is 19.3 Å². The molecule has 3 N–H and O–H groups in total. The summed E-state index contributed by atoms with van der Waals surface area (Å²) in [7, 11) is 0. The monoisotopic (exact) mass is 421 g/mol. The minimum atomic E-state index is -0.206. The fraction of sp³-hybridized carbons (Fsp3) is 1.00. The van der Waals surface area contributed by atoms with Crippen molar-refractivity contribution in [3.05, 3.63) is 0 Å². The molecule has 4 fully saturated rings. The van der Waals surface area contributed by atoms with Crippen LogP contribution in [0.1, 0.15) is 91.4 Å². The molecule has 0 amide bonds. The minimum Gasteiger partial charge on any atom is -0.393 e. The number of aliphatic hydroxyl groups is 2. The van der Waals surface area contributed by atoms with Crippen molar-refractivity contribution in [1.82, 2.24) is 5.32 Å². The van der Waals surface area contributed by atoms with Crippen molar-refractivity contribution in [1.29, 1.82) is 0 Å². The van der Waals surface area contributed by atoms with Crippen LogP contribution in [0.4, 0.5) is 0 Å². The SMILES string of the molecule is CCCCOCCCN[C@H]1C[C@@]2(C)[C@@H](CC[C@@H]3[C@@H]2CC[C@]2(C)[C@@H](O)CC[C@@H]32)C[C@@H]1O. The number of aliphatic hydroxyl groups excluding tert-OH is 2. The van der Waals surface area contributed by atoms with Crippen molar-refractivity contribution < 1.29 is 14.9 Å². The van der Waals surface area contributed by atoms with Crippen LogP contribution in [-0.4, -0.2) is 48.2 Å². The summed E-state index contributed by atoms with van der Waals surface area (Å²) in [5.41, 5.74) is 0.500. The second kappa shape index (κ2) is 9.37. The van der Waals surface area contributed by atoms with Crippen LogP contribution in [0.3, 0.4) is 0 Å². The maximum absolute atomic E-state index is 10.9. The molecule has 0 aromatic heterocycles. The average molecular weight is 422 g/mol. The third-order valence-corrected chi connectivity index (χ3v) is 10.2. The van der Waals surface area contributed by atoms with E-state index >= 15 is 0 Å². The predicted octanol–water partition coefficient (Wildman–Crippen LogP) is 4.53. The molecular weight excluding hydrogens is 374 g/mol. The molecule has 0 bridgehead atoms. The lowest BCUT2D eigenvalue weighted by Crippen LogP contribution is -2.59. The zero-order chi connectivity index (χ0) is 21.4. The Balaban J connectivity index is 1.36. The van der Waals surface area contributed by atoms with Gasteiger partial charge in [-0.15, -0.1) is 0 Å². The van der Waals surface area contributed by atoms with E-state index < -0.39 is 0 Å². The smallest absolute Gasteiger partial charge is 0.0696 e. The van der Waals surface area contributed by atoms with E-state index in [1.165, 1.54) is 38.5 Å². The number of unbranched alkanes of at least 4 members (excludes halogenated alkanes) is 1. The first-order chi connectivity index (χ1) is 14.4. The lowest BCUT2D eigenvalue weighted by molar-refractivity contribution is -0.140. The molecule has 4 aliphatic carbocycles. The van der Waals surface area contributed by atoms with E-state index in [4.69, 9.17) is 4.74 Å². The molecule has 0 radical (unpaired) electrons. The Morgan fingerprint density at radius 1 is 0.933 bits per heavy atom. The Morgan fingerprint density at radius 2 is 1.70 bits per heavy atom. The molecule has 174 valence electrons. The molecule has 0 heterocycles. The molecule has 0 aliphatic heterocycles. The highest BCUT2D eigenvalue weighted by molar-refractivity contribution is 5.11. The van der Waals surface area contributed by atoms with Crippen molar-refractivity contribution in [3.63, 3.8) is 0 Å². The van der Waals surface area contributed by atoms with Crippen molar-refractivity contribution in [2.75, 3.05) is 19.8 Å². The van der Waals surface area contributed by atoms with Gasteiger partial charge >= 0.3 is 0 Å². The molecule has 4 saturated carbocycles. The molecule has 0 spiro atoms. The van der Waals surface area contributed by atoms with Crippen LogP contribution in [0, 0.1) is 34.5 Å². The van der Waals surface area contributed by atoms with Gasteiger partial charge in [0.2, 0.25) is 0 Å². The van der Waals surface area contributed by atoms with Crippen molar-refractivity contribution in [3.8, 4) is 0 Å². The normalized spacial score (nSPS) is 48.1. The lowest BCUT2D eigenvalue weighted by atomic mass is 9.44. The van der Waals surface area contributed by atoms with Gasteiger partial charge in [0.1, 0.15) is 0 Å². The first-order valence-corrected chi connectivity index (χ1v) is 13.1. The van der Waals surface area contributed by atoms with E-state index in [9.17, 15) is 10.2 Å². The first kappa shape index (κ1) is 23.0. The second-order valence-corrected chi connectivity index (χ2v) is 11.7. The summed E-state index contributed by atoms with van der Waals surface area (Å²) in [6.45, 7) is 9.76. The maximum Gasteiger partial charge on any atom is 0.0696 e. The number of ether oxygens (including phenoxy) is 1. The van der Waals surface area contributed by atoms with Crippen LogP contribution in [0.5, 0.6) is 0 Å². The van der Waals surface area contributed by atoms with E-state index in [0.717, 1.165) is 63.7 Å². The van der Waals surface area contributed by atoms with Crippen molar-refractivity contribution in [2.24, 2.45) is 34.5 Å². The van der Waals surface area contributed by atoms with E-state index in [-0.39, 0.29) is 23.7 Å². The fourth-order valence-electron chi connectivity index (χ4n) is 8.30. The molecule has 0 aromatic carbocycles. The highest BCUT2D eigenvalue weighted by atomic mass is 16.5. The summed E-state index contributed by atoms with van der Waals surface area (Å²) in [6.07, 6.45) is 12.4. The summed E-state index contributed by atoms with van der Waals surface area (Å²) >= 11 is 0. The highest BCUT2D eigenvalue weighted by Crippen LogP contribution is 2.66. The number of hydrogen-bond acceptors (Lipinski definition) is 4. The molecule has 4 nitrogen and oxygen atoms in total. The summed E-state index contributed by atoms with van der Waals surface area (Å²) in [5, 5.41) is 25.3.